The fourth-order valence-corrected chi connectivity index (χ4v) is 3.29. The van der Waals surface area contributed by atoms with Gasteiger partial charge in [-0.25, -0.2) is 4.98 Å². The quantitative estimate of drug-likeness (QED) is 0.527. The van der Waals surface area contributed by atoms with Gasteiger partial charge in [-0.1, -0.05) is 35.6 Å². The summed E-state index contributed by atoms with van der Waals surface area (Å²) in [5, 5.41) is 0. The number of para-hydroxylation sites is 1. The van der Waals surface area contributed by atoms with Gasteiger partial charge in [0, 0.05) is 17.4 Å². The Balaban J connectivity index is 0.000000807. The fraction of sp³-hybridized carbons (Fsp3) is 0. The molecule has 4 N–H and O–H groups in total. The van der Waals surface area contributed by atoms with Gasteiger partial charge >= 0.3 is 0 Å². The van der Waals surface area contributed by atoms with Crippen LogP contribution < -0.4 is 5.73 Å². The first-order valence-electron chi connectivity index (χ1n) is 6.04. The third-order valence-electron chi connectivity index (χ3n) is 3.18. The second-order valence-corrected chi connectivity index (χ2v) is 5.48. The summed E-state index contributed by atoms with van der Waals surface area (Å²) in [6, 6.07) is 16.2. The molecule has 0 radical (unpaired) electrons. The number of imidazole rings is 1. The molecule has 22 heavy (non-hydrogen) atoms. The van der Waals surface area contributed by atoms with Gasteiger partial charge < -0.3 is 11.2 Å². The van der Waals surface area contributed by atoms with Gasteiger partial charge in [0.1, 0.15) is 0 Å². The minimum atomic E-state index is 0. The lowest BCUT2D eigenvalue weighted by Gasteiger charge is -1.97. The van der Waals surface area contributed by atoms with Gasteiger partial charge in [-0.05, 0) is 24.3 Å². The monoisotopic (exact) mass is 355 g/mol. The Morgan fingerprint density at radius 3 is 2.55 bits per heavy atom. The number of nitrogens with zero attached hydrogens (tertiary/aromatic N) is 2. The fourth-order valence-electron chi connectivity index (χ4n) is 2.29. The molecule has 0 unspecified atom stereocenters. The van der Waals surface area contributed by atoms with Crippen molar-refractivity contribution in [3.05, 3.63) is 54.7 Å². The maximum absolute atomic E-state index is 5.82. The second kappa shape index (κ2) is 6.98. The second-order valence-electron chi connectivity index (χ2n) is 4.47. The topological polar surface area (TPSA) is 74.8 Å². The van der Waals surface area contributed by atoms with Crippen molar-refractivity contribution in [1.29, 1.82) is 0 Å². The Labute approximate surface area is 143 Å². The van der Waals surface area contributed by atoms with E-state index >= 15 is 0 Å². The van der Waals surface area contributed by atoms with Crippen molar-refractivity contribution in [2.45, 2.75) is 0 Å². The molecule has 0 saturated heterocycles. The maximum atomic E-state index is 5.82. The molecule has 4 rings (SSSR count). The van der Waals surface area contributed by atoms with E-state index in [1.54, 1.807) is 11.3 Å². The van der Waals surface area contributed by atoms with E-state index in [2.05, 4.69) is 39.8 Å². The van der Waals surface area contributed by atoms with Crippen LogP contribution in [0.4, 0.5) is 5.69 Å². The predicted molar refractivity (Wildman–Crippen MR) is 98.5 cm³/mol. The van der Waals surface area contributed by atoms with Crippen LogP contribution in [-0.2, 0) is 0 Å². The zero-order chi connectivity index (χ0) is 12.8. The Morgan fingerprint density at radius 2 is 1.77 bits per heavy atom. The smallest absolute Gasteiger partial charge is 0.195 e. The number of fused-ring (bicyclic) bond motifs is 3. The first-order chi connectivity index (χ1) is 9.31. The highest BCUT2D eigenvalue weighted by molar-refractivity contribution is 7.23. The SMILES string of the molecule is Cl.Cl.Nc1cccc(-c2cn3c(n2)sc2ccccc23)c1.O. The Bertz CT molecular complexity index is 904. The van der Waals surface area contributed by atoms with Crippen LogP contribution in [-0.4, -0.2) is 14.9 Å². The lowest BCUT2D eigenvalue weighted by Crippen LogP contribution is -1.84. The molecule has 4 nitrogen and oxygen atoms in total. The van der Waals surface area contributed by atoms with Gasteiger partial charge in [0.15, 0.2) is 4.96 Å². The highest BCUT2D eigenvalue weighted by atomic mass is 35.5. The lowest BCUT2D eigenvalue weighted by atomic mass is 10.1. The molecule has 116 valence electrons. The van der Waals surface area contributed by atoms with Crippen LogP contribution in [0.1, 0.15) is 0 Å². The Kier molecular flexibility index (Phi) is 5.79. The van der Waals surface area contributed by atoms with Crippen molar-refractivity contribution in [2.75, 3.05) is 5.73 Å². The lowest BCUT2D eigenvalue weighted by molar-refractivity contribution is 0.824. The average molecular weight is 356 g/mol. The zero-order valence-corrected chi connectivity index (χ0v) is 13.8. The number of hydrogen-bond donors (Lipinski definition) is 1. The molecule has 7 heteroatoms. The van der Waals surface area contributed by atoms with Crippen LogP contribution in [0.3, 0.4) is 0 Å². The molecule has 0 atom stereocenters. The summed E-state index contributed by atoms with van der Waals surface area (Å²) in [6.45, 7) is 0. The van der Waals surface area contributed by atoms with Crippen LogP contribution in [0, 0.1) is 0 Å². The minimum Gasteiger partial charge on any atom is -0.412 e. The number of benzene rings is 2. The molecule has 0 spiro atoms. The average Bonchev–Trinajstić information content (AvgIpc) is 2.96. The van der Waals surface area contributed by atoms with Crippen LogP contribution in [0.5, 0.6) is 0 Å². The molecule has 2 aromatic carbocycles. The van der Waals surface area contributed by atoms with Gasteiger partial charge in [0.25, 0.3) is 0 Å². The number of nitrogen functional groups attached to an aromatic ring is 1. The summed E-state index contributed by atoms with van der Waals surface area (Å²) in [5.74, 6) is 0. The van der Waals surface area contributed by atoms with E-state index in [-0.39, 0.29) is 30.3 Å². The first kappa shape index (κ1) is 18.3. The highest BCUT2D eigenvalue weighted by Gasteiger charge is 2.09. The number of hydrogen-bond acceptors (Lipinski definition) is 3. The van der Waals surface area contributed by atoms with Crippen molar-refractivity contribution in [2.24, 2.45) is 0 Å². The summed E-state index contributed by atoms with van der Waals surface area (Å²) in [4.78, 5) is 5.70. The Morgan fingerprint density at radius 1 is 1.00 bits per heavy atom. The number of aromatic nitrogens is 2. The highest BCUT2D eigenvalue weighted by Crippen LogP contribution is 2.29. The summed E-state index contributed by atoms with van der Waals surface area (Å²) in [5.41, 5.74) is 9.80. The molecule has 2 heterocycles. The van der Waals surface area contributed by atoms with Crippen LogP contribution >= 0.6 is 36.2 Å². The van der Waals surface area contributed by atoms with Crippen molar-refractivity contribution in [3.8, 4) is 11.3 Å². The van der Waals surface area contributed by atoms with Gasteiger partial charge in [-0.15, -0.1) is 24.8 Å². The van der Waals surface area contributed by atoms with Crippen molar-refractivity contribution in [3.63, 3.8) is 0 Å². The summed E-state index contributed by atoms with van der Waals surface area (Å²) >= 11 is 1.70. The summed E-state index contributed by atoms with van der Waals surface area (Å²) < 4.78 is 3.39. The van der Waals surface area contributed by atoms with E-state index in [1.165, 1.54) is 10.2 Å². The van der Waals surface area contributed by atoms with E-state index in [9.17, 15) is 0 Å². The molecular formula is C15H15Cl2N3OS. The third-order valence-corrected chi connectivity index (χ3v) is 4.22. The molecular weight excluding hydrogens is 341 g/mol. The molecule has 4 aromatic rings. The predicted octanol–water partition coefficient (Wildman–Crippen LogP) is 3.82. The summed E-state index contributed by atoms with van der Waals surface area (Å²) in [6.07, 6.45) is 2.07. The molecule has 2 aromatic heterocycles. The van der Waals surface area contributed by atoms with Gasteiger partial charge in [0.05, 0.1) is 15.9 Å². The van der Waals surface area contributed by atoms with Gasteiger partial charge in [-0.3, -0.25) is 4.40 Å². The van der Waals surface area contributed by atoms with E-state index in [0.717, 1.165) is 21.9 Å². The van der Waals surface area contributed by atoms with Gasteiger partial charge in [0.2, 0.25) is 0 Å². The van der Waals surface area contributed by atoms with E-state index in [1.807, 2.05) is 24.3 Å². The van der Waals surface area contributed by atoms with E-state index in [0.29, 0.717) is 0 Å². The van der Waals surface area contributed by atoms with Crippen molar-refractivity contribution < 1.29 is 5.48 Å². The molecule has 0 amide bonds. The molecule has 0 saturated carbocycles. The van der Waals surface area contributed by atoms with Crippen molar-refractivity contribution in [1.82, 2.24) is 9.38 Å². The number of halogens is 2. The number of nitrogens with two attached hydrogens (primary N) is 1. The van der Waals surface area contributed by atoms with Crippen molar-refractivity contribution >= 4 is 57.0 Å². The molecule has 0 aliphatic carbocycles. The minimum absolute atomic E-state index is 0. The molecule has 0 bridgehead atoms. The summed E-state index contributed by atoms with van der Waals surface area (Å²) in [7, 11) is 0. The van der Waals surface area contributed by atoms with Crippen LogP contribution in [0.25, 0.3) is 26.4 Å². The third kappa shape index (κ3) is 2.89. The number of rotatable bonds is 1. The molecule has 0 fully saturated rings. The number of anilines is 1. The normalized spacial score (nSPS) is 9.82. The van der Waals surface area contributed by atoms with Crippen LogP contribution in [0.2, 0.25) is 0 Å². The Hall–Kier alpha value is -1.79. The van der Waals surface area contributed by atoms with E-state index in [4.69, 9.17) is 5.73 Å². The standard InChI is InChI=1S/C15H11N3S.2ClH.H2O/c16-11-5-3-4-10(8-11)12-9-18-13-6-1-2-7-14(13)19-15(18)17-12;;;/h1-9H,16H2;2*1H;1H2. The first-order valence-corrected chi connectivity index (χ1v) is 6.85. The number of thiazole rings is 1. The molecule has 0 aliphatic rings. The maximum Gasteiger partial charge on any atom is 0.195 e. The van der Waals surface area contributed by atoms with E-state index < -0.39 is 0 Å². The van der Waals surface area contributed by atoms with Crippen LogP contribution in [0.15, 0.2) is 54.7 Å². The largest absolute Gasteiger partial charge is 0.412 e. The van der Waals surface area contributed by atoms with Gasteiger partial charge in [-0.2, -0.15) is 0 Å². The zero-order valence-electron chi connectivity index (χ0n) is 11.4. The molecule has 0 aliphatic heterocycles.